The van der Waals surface area contributed by atoms with Crippen LogP contribution in [-0.4, -0.2) is 31.9 Å². The number of rotatable bonds is 2. The Balaban J connectivity index is 0.00000162. The Morgan fingerprint density at radius 3 is 2.56 bits per heavy atom. The number of sulfonamides is 1. The third kappa shape index (κ3) is 2.85. The number of nitrogens with two attached hydrogens (primary N) is 1. The Hall–Kier alpha value is -0.620. The predicted molar refractivity (Wildman–Crippen MR) is 74.5 cm³/mol. The summed E-state index contributed by atoms with van der Waals surface area (Å²) in [4.78, 5) is 0.409. The first-order chi connectivity index (χ1) is 7.91. The van der Waals surface area contributed by atoms with E-state index in [9.17, 15) is 8.42 Å². The molecule has 0 amide bonds. The van der Waals surface area contributed by atoms with Crippen molar-refractivity contribution in [2.45, 2.75) is 31.2 Å². The molecule has 2 N–H and O–H groups in total. The second-order valence-corrected chi connectivity index (χ2v) is 6.59. The second kappa shape index (κ2) is 5.57. The topological polar surface area (TPSA) is 63.4 Å². The molecule has 0 spiro atoms. The van der Waals surface area contributed by atoms with Crippen LogP contribution in [-0.2, 0) is 10.0 Å². The Kier molecular flexibility index (Phi) is 4.78. The molecule has 0 aromatic heterocycles. The zero-order valence-corrected chi connectivity index (χ0v) is 12.2. The van der Waals surface area contributed by atoms with Gasteiger partial charge in [-0.05, 0) is 37.5 Å². The molecule has 0 unspecified atom stereocenters. The van der Waals surface area contributed by atoms with Crippen molar-refractivity contribution in [3.63, 3.8) is 0 Å². The third-order valence-electron chi connectivity index (χ3n) is 3.15. The van der Waals surface area contributed by atoms with Crippen LogP contribution >= 0.6 is 12.4 Å². The Bertz CT molecular complexity index is 531. The van der Waals surface area contributed by atoms with Gasteiger partial charge in [0.25, 0.3) is 0 Å². The lowest BCUT2D eigenvalue weighted by Crippen LogP contribution is -2.32. The number of hydrogen-bond donors (Lipinski definition) is 1. The highest BCUT2D eigenvalue weighted by Gasteiger charge is 2.31. The van der Waals surface area contributed by atoms with Crippen molar-refractivity contribution < 1.29 is 8.42 Å². The van der Waals surface area contributed by atoms with Crippen molar-refractivity contribution >= 4 is 22.4 Å². The minimum atomic E-state index is -3.37. The van der Waals surface area contributed by atoms with Gasteiger partial charge in [0, 0.05) is 19.1 Å². The highest BCUT2D eigenvalue weighted by atomic mass is 35.5. The van der Waals surface area contributed by atoms with Gasteiger partial charge in [-0.1, -0.05) is 12.1 Å². The van der Waals surface area contributed by atoms with Crippen LogP contribution in [0, 0.1) is 13.8 Å². The van der Waals surface area contributed by atoms with Gasteiger partial charge in [-0.25, -0.2) is 8.42 Å². The van der Waals surface area contributed by atoms with Crippen molar-refractivity contribution in [2.24, 2.45) is 5.73 Å². The molecule has 2 rings (SSSR count). The van der Waals surface area contributed by atoms with E-state index in [-0.39, 0.29) is 18.4 Å². The molecule has 1 fully saturated rings. The Morgan fingerprint density at radius 1 is 1.33 bits per heavy atom. The van der Waals surface area contributed by atoms with Crippen molar-refractivity contribution in [3.8, 4) is 0 Å². The fraction of sp³-hybridized carbons (Fsp3) is 0.500. The molecule has 1 saturated heterocycles. The molecule has 4 nitrogen and oxygen atoms in total. The van der Waals surface area contributed by atoms with Crippen LogP contribution in [0.4, 0.5) is 0 Å². The SMILES string of the molecule is Cc1ccc(C)c(S(=O)(=O)N2CC[C@H](N)C2)c1.Cl. The molecule has 6 heteroatoms. The van der Waals surface area contributed by atoms with Crippen LogP contribution in [0.25, 0.3) is 0 Å². The van der Waals surface area contributed by atoms with Crippen molar-refractivity contribution in [1.82, 2.24) is 4.31 Å². The van der Waals surface area contributed by atoms with E-state index in [1.807, 2.05) is 26.0 Å². The summed E-state index contributed by atoms with van der Waals surface area (Å²) in [6, 6.07) is 5.46. The van der Waals surface area contributed by atoms with Crippen molar-refractivity contribution in [2.75, 3.05) is 13.1 Å². The van der Waals surface area contributed by atoms with Gasteiger partial charge in [-0.15, -0.1) is 12.4 Å². The molecule has 1 aliphatic heterocycles. The summed E-state index contributed by atoms with van der Waals surface area (Å²) in [6.07, 6.45) is 0.740. The van der Waals surface area contributed by atoms with E-state index in [0.717, 1.165) is 17.5 Å². The maximum absolute atomic E-state index is 12.4. The highest BCUT2D eigenvalue weighted by Crippen LogP contribution is 2.24. The fourth-order valence-corrected chi connectivity index (χ4v) is 3.92. The van der Waals surface area contributed by atoms with Gasteiger partial charge in [0.15, 0.2) is 0 Å². The highest BCUT2D eigenvalue weighted by molar-refractivity contribution is 7.89. The van der Waals surface area contributed by atoms with E-state index in [0.29, 0.717) is 18.0 Å². The Morgan fingerprint density at radius 2 is 2.00 bits per heavy atom. The molecule has 1 aromatic rings. The van der Waals surface area contributed by atoms with Crippen molar-refractivity contribution in [3.05, 3.63) is 29.3 Å². The summed E-state index contributed by atoms with van der Waals surface area (Å²) < 4.78 is 26.3. The number of halogens is 1. The molecule has 18 heavy (non-hydrogen) atoms. The molecule has 1 aliphatic rings. The summed E-state index contributed by atoms with van der Waals surface area (Å²) in [6.45, 7) is 4.67. The van der Waals surface area contributed by atoms with Gasteiger partial charge in [0.1, 0.15) is 0 Å². The van der Waals surface area contributed by atoms with Crippen LogP contribution in [0.5, 0.6) is 0 Å². The van der Waals surface area contributed by atoms with Gasteiger partial charge in [0.05, 0.1) is 4.90 Å². The first-order valence-electron chi connectivity index (χ1n) is 5.74. The van der Waals surface area contributed by atoms with E-state index < -0.39 is 10.0 Å². The van der Waals surface area contributed by atoms with Gasteiger partial charge in [-0.3, -0.25) is 0 Å². The van der Waals surface area contributed by atoms with Crippen LogP contribution in [0.3, 0.4) is 0 Å². The molecule has 1 heterocycles. The van der Waals surface area contributed by atoms with Crippen LogP contribution in [0.2, 0.25) is 0 Å². The average Bonchev–Trinajstić information content (AvgIpc) is 2.69. The minimum Gasteiger partial charge on any atom is -0.326 e. The molecule has 102 valence electrons. The van der Waals surface area contributed by atoms with Crippen LogP contribution < -0.4 is 5.73 Å². The van der Waals surface area contributed by atoms with E-state index in [1.54, 1.807) is 6.07 Å². The minimum absolute atomic E-state index is 0. The molecule has 0 bridgehead atoms. The van der Waals surface area contributed by atoms with Crippen molar-refractivity contribution in [1.29, 1.82) is 0 Å². The second-order valence-electron chi connectivity index (χ2n) is 4.68. The van der Waals surface area contributed by atoms with Gasteiger partial charge >= 0.3 is 0 Å². The van der Waals surface area contributed by atoms with Gasteiger partial charge in [0.2, 0.25) is 10.0 Å². The maximum Gasteiger partial charge on any atom is 0.243 e. The first-order valence-corrected chi connectivity index (χ1v) is 7.18. The lowest BCUT2D eigenvalue weighted by atomic mass is 10.2. The molecule has 1 aromatic carbocycles. The number of hydrogen-bond acceptors (Lipinski definition) is 3. The summed E-state index contributed by atoms with van der Waals surface area (Å²) in [5.41, 5.74) is 7.51. The quantitative estimate of drug-likeness (QED) is 0.896. The number of aryl methyl sites for hydroxylation is 2. The number of nitrogens with zero attached hydrogens (tertiary/aromatic N) is 1. The Labute approximate surface area is 115 Å². The summed E-state index contributed by atoms with van der Waals surface area (Å²) in [7, 11) is -3.37. The predicted octanol–water partition coefficient (Wildman–Crippen LogP) is 1.45. The fourth-order valence-electron chi connectivity index (χ4n) is 2.10. The summed E-state index contributed by atoms with van der Waals surface area (Å²) in [5.74, 6) is 0. The van der Waals surface area contributed by atoms with E-state index in [1.165, 1.54) is 4.31 Å². The molecule has 0 saturated carbocycles. The standard InChI is InChI=1S/C12H18N2O2S.ClH/c1-9-3-4-10(2)12(7-9)17(15,16)14-6-5-11(13)8-14;/h3-4,7,11H,5-6,8,13H2,1-2H3;1H/t11-;/m0./s1. The molecule has 1 atom stereocenters. The molecule has 0 aliphatic carbocycles. The first kappa shape index (κ1) is 15.4. The van der Waals surface area contributed by atoms with E-state index >= 15 is 0 Å². The lowest BCUT2D eigenvalue weighted by molar-refractivity contribution is 0.472. The molecular weight excluding hydrogens is 272 g/mol. The molecular formula is C12H19ClN2O2S. The monoisotopic (exact) mass is 290 g/mol. The van der Waals surface area contributed by atoms with Gasteiger partial charge in [-0.2, -0.15) is 4.31 Å². The smallest absolute Gasteiger partial charge is 0.243 e. The summed E-state index contributed by atoms with van der Waals surface area (Å²) >= 11 is 0. The molecule has 0 radical (unpaired) electrons. The zero-order chi connectivity index (χ0) is 12.6. The van der Waals surface area contributed by atoms with E-state index in [4.69, 9.17) is 5.73 Å². The average molecular weight is 291 g/mol. The third-order valence-corrected chi connectivity index (χ3v) is 5.16. The van der Waals surface area contributed by atoms with E-state index in [2.05, 4.69) is 0 Å². The normalized spacial score (nSPS) is 20.7. The van der Waals surface area contributed by atoms with Gasteiger partial charge < -0.3 is 5.73 Å². The van der Waals surface area contributed by atoms with Crippen LogP contribution in [0.1, 0.15) is 17.5 Å². The largest absolute Gasteiger partial charge is 0.326 e. The number of benzene rings is 1. The van der Waals surface area contributed by atoms with Crippen LogP contribution in [0.15, 0.2) is 23.1 Å². The maximum atomic E-state index is 12.4. The summed E-state index contributed by atoms with van der Waals surface area (Å²) in [5, 5.41) is 0. The lowest BCUT2D eigenvalue weighted by Gasteiger charge is -2.17. The zero-order valence-electron chi connectivity index (χ0n) is 10.6.